The molecule has 0 bridgehead atoms. The molecular weight excluding hydrogens is 446 g/mol. The van der Waals surface area contributed by atoms with Gasteiger partial charge in [0.05, 0.1) is 33.1 Å². The second-order valence-corrected chi connectivity index (χ2v) is 9.22. The first kappa shape index (κ1) is 28.8. The van der Waals surface area contributed by atoms with E-state index in [1.54, 1.807) is 38.4 Å². The van der Waals surface area contributed by atoms with Crippen molar-refractivity contribution in [3.63, 3.8) is 0 Å². The quantitative estimate of drug-likeness (QED) is 0.269. The summed E-state index contributed by atoms with van der Waals surface area (Å²) in [6.45, 7) is 6.68. The molecule has 0 spiro atoms. The van der Waals surface area contributed by atoms with Crippen LogP contribution in [-0.4, -0.2) is 83.1 Å². The number of ether oxygens (including phenoxy) is 4. The van der Waals surface area contributed by atoms with Crippen molar-refractivity contribution < 1.29 is 23.7 Å². The molecule has 8 heteroatoms. The number of unbranched alkanes of at least 4 members (excludes halogenated alkanes) is 3. The summed E-state index contributed by atoms with van der Waals surface area (Å²) in [5, 5.41) is 2.96. The summed E-state index contributed by atoms with van der Waals surface area (Å²) in [4.78, 5) is 17.0. The van der Waals surface area contributed by atoms with E-state index in [4.69, 9.17) is 18.9 Å². The lowest BCUT2D eigenvalue weighted by Gasteiger charge is -2.34. The molecule has 1 saturated carbocycles. The second-order valence-electron chi connectivity index (χ2n) is 9.22. The van der Waals surface area contributed by atoms with Crippen molar-refractivity contribution in [3.05, 3.63) is 24.8 Å². The van der Waals surface area contributed by atoms with Gasteiger partial charge in [-0.2, -0.15) is 0 Å². The molecule has 0 atom stereocenters. The SMILES string of the molecule is C=CCN(C)CCCCCCO[C@H]1CC[C@H](N(C)C(=O)Nc2cc(OC)c(OC)c(OC)c2)CC1. The minimum absolute atomic E-state index is 0.151. The van der Waals surface area contributed by atoms with E-state index >= 15 is 0 Å². The van der Waals surface area contributed by atoms with E-state index in [9.17, 15) is 4.79 Å². The average Bonchev–Trinajstić information content (AvgIpc) is 2.87. The Bertz CT molecular complexity index is 755. The van der Waals surface area contributed by atoms with E-state index < -0.39 is 0 Å². The van der Waals surface area contributed by atoms with Crippen LogP contribution in [0.4, 0.5) is 10.5 Å². The Labute approximate surface area is 211 Å². The number of likely N-dealkylation sites (N-methyl/N-ethyl adjacent to an activating group) is 1. The number of nitrogens with one attached hydrogen (secondary N) is 1. The summed E-state index contributed by atoms with van der Waals surface area (Å²) in [6.07, 6.45) is 10.9. The average molecular weight is 492 g/mol. The summed E-state index contributed by atoms with van der Waals surface area (Å²) >= 11 is 0. The molecule has 35 heavy (non-hydrogen) atoms. The third-order valence-corrected chi connectivity index (χ3v) is 6.66. The van der Waals surface area contributed by atoms with E-state index in [0.29, 0.717) is 29.0 Å². The van der Waals surface area contributed by atoms with Crippen molar-refractivity contribution in [2.45, 2.75) is 63.5 Å². The highest BCUT2D eigenvalue weighted by Gasteiger charge is 2.27. The Morgan fingerprint density at radius 2 is 1.63 bits per heavy atom. The minimum Gasteiger partial charge on any atom is -0.493 e. The van der Waals surface area contributed by atoms with Crippen LogP contribution in [0.25, 0.3) is 0 Å². The summed E-state index contributed by atoms with van der Waals surface area (Å²) in [5.74, 6) is 1.50. The van der Waals surface area contributed by atoms with E-state index in [1.807, 2.05) is 13.1 Å². The molecule has 0 radical (unpaired) electrons. The molecule has 1 N–H and O–H groups in total. The van der Waals surface area contributed by atoms with Gasteiger partial charge in [0, 0.05) is 38.4 Å². The van der Waals surface area contributed by atoms with Crippen molar-refractivity contribution in [3.8, 4) is 17.2 Å². The molecule has 0 heterocycles. The van der Waals surface area contributed by atoms with Crippen LogP contribution in [0, 0.1) is 0 Å². The van der Waals surface area contributed by atoms with Crippen LogP contribution in [0.3, 0.4) is 0 Å². The fourth-order valence-corrected chi connectivity index (χ4v) is 4.53. The van der Waals surface area contributed by atoms with Gasteiger partial charge in [0.25, 0.3) is 0 Å². The molecule has 198 valence electrons. The van der Waals surface area contributed by atoms with Gasteiger partial charge in [-0.15, -0.1) is 6.58 Å². The van der Waals surface area contributed by atoms with E-state index in [0.717, 1.165) is 51.8 Å². The molecule has 1 aliphatic rings. The number of amides is 2. The zero-order chi connectivity index (χ0) is 25.6. The second kappa shape index (κ2) is 15.5. The molecule has 2 amide bonds. The molecule has 1 aromatic carbocycles. The topological polar surface area (TPSA) is 72.5 Å². The lowest BCUT2D eigenvalue weighted by Crippen LogP contribution is -2.42. The number of hydrogen-bond acceptors (Lipinski definition) is 6. The number of rotatable bonds is 15. The monoisotopic (exact) mass is 491 g/mol. The first-order valence-corrected chi connectivity index (χ1v) is 12.7. The zero-order valence-corrected chi connectivity index (χ0v) is 22.3. The van der Waals surface area contributed by atoms with Crippen LogP contribution in [0.2, 0.25) is 0 Å². The van der Waals surface area contributed by atoms with Gasteiger partial charge >= 0.3 is 6.03 Å². The maximum atomic E-state index is 12.9. The van der Waals surface area contributed by atoms with Gasteiger partial charge in [-0.1, -0.05) is 18.9 Å². The van der Waals surface area contributed by atoms with Crippen molar-refractivity contribution in [2.24, 2.45) is 0 Å². The predicted molar refractivity (Wildman–Crippen MR) is 141 cm³/mol. The third kappa shape index (κ3) is 9.26. The van der Waals surface area contributed by atoms with Gasteiger partial charge < -0.3 is 34.1 Å². The Hall–Kier alpha value is -2.45. The number of carbonyl (C=O) groups is 1. The highest BCUT2D eigenvalue weighted by Crippen LogP contribution is 2.40. The minimum atomic E-state index is -0.151. The number of benzene rings is 1. The van der Waals surface area contributed by atoms with E-state index in [2.05, 4.69) is 23.8 Å². The number of carbonyl (C=O) groups excluding carboxylic acids is 1. The number of nitrogens with zero attached hydrogens (tertiary/aromatic N) is 2. The lowest BCUT2D eigenvalue weighted by molar-refractivity contribution is 0.0130. The van der Waals surface area contributed by atoms with Crippen LogP contribution in [0.1, 0.15) is 51.4 Å². The molecule has 2 rings (SSSR count). The van der Waals surface area contributed by atoms with Crippen molar-refractivity contribution in [1.29, 1.82) is 0 Å². The van der Waals surface area contributed by atoms with Crippen LogP contribution in [-0.2, 0) is 4.74 Å². The third-order valence-electron chi connectivity index (χ3n) is 6.66. The van der Waals surface area contributed by atoms with Crippen LogP contribution in [0.5, 0.6) is 17.2 Å². The molecule has 0 saturated heterocycles. The summed E-state index contributed by atoms with van der Waals surface area (Å²) in [6, 6.07) is 3.52. The molecule has 1 aromatic rings. The molecule has 1 aliphatic carbocycles. The number of methoxy groups -OCH3 is 3. The Kier molecular flexibility index (Phi) is 12.8. The molecule has 0 aliphatic heterocycles. The standard InChI is InChI=1S/C27H45N3O5/c1-7-16-29(2)17-10-8-9-11-18-35-23-14-12-22(13-15-23)30(3)27(31)28-21-19-24(32-4)26(34-6)25(20-21)33-5/h7,19-20,22-23H,1,8-18H2,2-6H3,(H,28,31)/t22-,23-. The summed E-state index contributed by atoms with van der Waals surface area (Å²) in [5.41, 5.74) is 0.598. The van der Waals surface area contributed by atoms with Crippen LogP contribution in [0.15, 0.2) is 24.8 Å². The first-order valence-electron chi connectivity index (χ1n) is 12.7. The molecular formula is C27H45N3O5. The largest absolute Gasteiger partial charge is 0.493 e. The van der Waals surface area contributed by atoms with E-state index in [-0.39, 0.29) is 12.1 Å². The molecule has 0 aromatic heterocycles. The number of urea groups is 1. The number of anilines is 1. The summed E-state index contributed by atoms with van der Waals surface area (Å²) < 4.78 is 22.2. The maximum absolute atomic E-state index is 12.9. The Morgan fingerprint density at radius 1 is 1.00 bits per heavy atom. The first-order chi connectivity index (χ1) is 16.9. The fraction of sp³-hybridized carbons (Fsp3) is 0.667. The van der Waals surface area contributed by atoms with Crippen molar-refractivity contribution in [1.82, 2.24) is 9.80 Å². The predicted octanol–water partition coefficient (Wildman–Crippen LogP) is 5.18. The summed E-state index contributed by atoms with van der Waals surface area (Å²) in [7, 11) is 8.65. The van der Waals surface area contributed by atoms with Crippen LogP contribution >= 0.6 is 0 Å². The molecule has 1 fully saturated rings. The Morgan fingerprint density at radius 3 is 2.20 bits per heavy atom. The van der Waals surface area contributed by atoms with Crippen molar-refractivity contribution in [2.75, 3.05) is 60.4 Å². The van der Waals surface area contributed by atoms with Crippen molar-refractivity contribution >= 4 is 11.7 Å². The zero-order valence-electron chi connectivity index (χ0n) is 22.3. The normalized spacial score (nSPS) is 17.7. The Balaban J connectivity index is 1.70. The van der Waals surface area contributed by atoms with Gasteiger partial charge in [0.1, 0.15) is 0 Å². The van der Waals surface area contributed by atoms with Crippen LogP contribution < -0.4 is 19.5 Å². The van der Waals surface area contributed by atoms with Gasteiger partial charge in [0.2, 0.25) is 5.75 Å². The highest BCUT2D eigenvalue weighted by molar-refractivity contribution is 5.90. The van der Waals surface area contributed by atoms with Gasteiger partial charge in [-0.05, 0) is 52.1 Å². The van der Waals surface area contributed by atoms with E-state index in [1.165, 1.54) is 19.3 Å². The maximum Gasteiger partial charge on any atom is 0.321 e. The molecule has 8 nitrogen and oxygen atoms in total. The van der Waals surface area contributed by atoms with Gasteiger partial charge in [-0.3, -0.25) is 0 Å². The fourth-order valence-electron chi connectivity index (χ4n) is 4.53. The van der Waals surface area contributed by atoms with Gasteiger partial charge in [0.15, 0.2) is 11.5 Å². The molecule has 0 unspecified atom stereocenters. The lowest BCUT2D eigenvalue weighted by atomic mass is 9.92. The van der Waals surface area contributed by atoms with Gasteiger partial charge in [-0.25, -0.2) is 4.79 Å². The highest BCUT2D eigenvalue weighted by atomic mass is 16.5. The number of hydrogen-bond donors (Lipinski definition) is 1. The smallest absolute Gasteiger partial charge is 0.321 e.